The Labute approximate surface area is 111 Å². The maximum absolute atomic E-state index is 9.51. The molecule has 0 spiro atoms. The zero-order valence-corrected chi connectivity index (χ0v) is 11.8. The standard InChI is InChI=1S/C16H25NO/c1-12-4-7-15(8-5-12)17(3)16-9-6-13(2)10-14(16)11-18/h6,9-10,12,15,18H,4-5,7-8,11H2,1-3H3. The molecule has 1 aliphatic carbocycles. The van der Waals surface area contributed by atoms with Gasteiger partial charge in [0.1, 0.15) is 0 Å². The maximum Gasteiger partial charge on any atom is 0.0702 e. The van der Waals surface area contributed by atoms with Gasteiger partial charge in [0, 0.05) is 24.3 Å². The zero-order chi connectivity index (χ0) is 13.1. The van der Waals surface area contributed by atoms with E-state index < -0.39 is 0 Å². The van der Waals surface area contributed by atoms with Crippen molar-refractivity contribution in [3.63, 3.8) is 0 Å². The van der Waals surface area contributed by atoms with Gasteiger partial charge in [0.25, 0.3) is 0 Å². The number of anilines is 1. The third-order valence-electron chi connectivity index (χ3n) is 4.32. The quantitative estimate of drug-likeness (QED) is 0.883. The van der Waals surface area contributed by atoms with Crippen molar-refractivity contribution in [1.29, 1.82) is 0 Å². The molecular weight excluding hydrogens is 222 g/mol. The molecule has 0 unspecified atom stereocenters. The minimum Gasteiger partial charge on any atom is -0.392 e. The molecule has 0 aromatic heterocycles. The first-order valence-corrected chi connectivity index (χ1v) is 7.05. The van der Waals surface area contributed by atoms with Crippen LogP contribution in [0.15, 0.2) is 18.2 Å². The van der Waals surface area contributed by atoms with E-state index in [-0.39, 0.29) is 6.61 Å². The Morgan fingerprint density at radius 2 is 1.89 bits per heavy atom. The molecule has 0 radical (unpaired) electrons. The summed E-state index contributed by atoms with van der Waals surface area (Å²) < 4.78 is 0. The van der Waals surface area contributed by atoms with Gasteiger partial charge in [0.05, 0.1) is 6.61 Å². The van der Waals surface area contributed by atoms with Gasteiger partial charge in [-0.3, -0.25) is 0 Å². The maximum atomic E-state index is 9.51. The molecule has 2 heteroatoms. The van der Waals surface area contributed by atoms with Crippen LogP contribution in [0.5, 0.6) is 0 Å². The highest BCUT2D eigenvalue weighted by atomic mass is 16.3. The van der Waals surface area contributed by atoms with E-state index >= 15 is 0 Å². The first-order chi connectivity index (χ1) is 8.61. The molecule has 1 aromatic carbocycles. The van der Waals surface area contributed by atoms with Gasteiger partial charge in [0.2, 0.25) is 0 Å². The van der Waals surface area contributed by atoms with Gasteiger partial charge in [-0.2, -0.15) is 0 Å². The van der Waals surface area contributed by atoms with Crippen molar-refractivity contribution >= 4 is 5.69 Å². The first-order valence-electron chi connectivity index (χ1n) is 7.05. The fraction of sp³-hybridized carbons (Fsp3) is 0.625. The molecule has 18 heavy (non-hydrogen) atoms. The van der Waals surface area contributed by atoms with Gasteiger partial charge in [-0.15, -0.1) is 0 Å². The van der Waals surface area contributed by atoms with Crippen LogP contribution in [0.3, 0.4) is 0 Å². The summed E-state index contributed by atoms with van der Waals surface area (Å²) in [6.07, 6.45) is 5.21. The lowest BCUT2D eigenvalue weighted by Crippen LogP contribution is -2.35. The number of rotatable bonds is 3. The van der Waals surface area contributed by atoms with Crippen LogP contribution in [0.25, 0.3) is 0 Å². The van der Waals surface area contributed by atoms with E-state index in [0.29, 0.717) is 6.04 Å². The van der Waals surface area contributed by atoms with Crippen molar-refractivity contribution in [3.05, 3.63) is 29.3 Å². The summed E-state index contributed by atoms with van der Waals surface area (Å²) in [6, 6.07) is 7.02. The first kappa shape index (κ1) is 13.4. The van der Waals surface area contributed by atoms with Crippen LogP contribution < -0.4 is 4.90 Å². The van der Waals surface area contributed by atoms with Gasteiger partial charge in [0.15, 0.2) is 0 Å². The lowest BCUT2D eigenvalue weighted by atomic mass is 9.86. The number of benzene rings is 1. The summed E-state index contributed by atoms with van der Waals surface area (Å²) >= 11 is 0. The zero-order valence-electron chi connectivity index (χ0n) is 11.8. The van der Waals surface area contributed by atoms with Crippen LogP contribution in [-0.2, 0) is 6.61 Å². The molecule has 1 aliphatic rings. The fourth-order valence-corrected chi connectivity index (χ4v) is 3.01. The van der Waals surface area contributed by atoms with Gasteiger partial charge in [-0.1, -0.05) is 24.6 Å². The SMILES string of the molecule is Cc1ccc(N(C)C2CCC(C)CC2)c(CO)c1. The van der Waals surface area contributed by atoms with Crippen LogP contribution >= 0.6 is 0 Å². The largest absolute Gasteiger partial charge is 0.392 e. The van der Waals surface area contributed by atoms with Crippen LogP contribution in [0.1, 0.15) is 43.7 Å². The van der Waals surface area contributed by atoms with E-state index in [4.69, 9.17) is 0 Å². The number of aliphatic hydroxyl groups excluding tert-OH is 1. The lowest BCUT2D eigenvalue weighted by Gasteiger charge is -2.36. The van der Waals surface area contributed by atoms with Crippen molar-refractivity contribution in [2.75, 3.05) is 11.9 Å². The Hall–Kier alpha value is -1.02. The monoisotopic (exact) mass is 247 g/mol. The topological polar surface area (TPSA) is 23.5 Å². The Morgan fingerprint density at radius 3 is 2.50 bits per heavy atom. The molecule has 0 bridgehead atoms. The Bertz CT molecular complexity index is 394. The van der Waals surface area contributed by atoms with Crippen LogP contribution in [-0.4, -0.2) is 18.2 Å². The molecule has 0 aliphatic heterocycles. The number of hydrogen-bond acceptors (Lipinski definition) is 2. The normalized spacial score (nSPS) is 24.0. The lowest BCUT2D eigenvalue weighted by molar-refractivity contribution is 0.281. The minimum absolute atomic E-state index is 0.129. The van der Waals surface area contributed by atoms with E-state index in [1.54, 1.807) is 0 Å². The molecule has 1 N–H and O–H groups in total. The molecule has 0 atom stereocenters. The van der Waals surface area contributed by atoms with Crippen LogP contribution in [0.2, 0.25) is 0 Å². The molecule has 0 heterocycles. The molecule has 100 valence electrons. The molecule has 0 saturated heterocycles. The highest BCUT2D eigenvalue weighted by Gasteiger charge is 2.22. The van der Waals surface area contributed by atoms with Crippen LogP contribution in [0.4, 0.5) is 5.69 Å². The molecule has 2 rings (SSSR count). The summed E-state index contributed by atoms with van der Waals surface area (Å²) in [4.78, 5) is 2.37. The van der Waals surface area contributed by atoms with E-state index in [1.807, 2.05) is 0 Å². The average molecular weight is 247 g/mol. The summed E-state index contributed by atoms with van der Waals surface area (Å²) in [6.45, 7) is 4.55. The van der Waals surface area contributed by atoms with Gasteiger partial charge < -0.3 is 10.0 Å². The summed E-state index contributed by atoms with van der Waals surface area (Å²) in [5.41, 5.74) is 3.47. The second-order valence-electron chi connectivity index (χ2n) is 5.81. The molecule has 1 aromatic rings. The van der Waals surface area contributed by atoms with Crippen molar-refractivity contribution < 1.29 is 5.11 Å². The number of hydrogen-bond donors (Lipinski definition) is 1. The summed E-state index contributed by atoms with van der Waals surface area (Å²) in [7, 11) is 2.17. The van der Waals surface area contributed by atoms with Crippen molar-refractivity contribution in [2.45, 2.75) is 52.2 Å². The van der Waals surface area contributed by atoms with E-state index in [0.717, 1.165) is 11.5 Å². The Morgan fingerprint density at radius 1 is 1.22 bits per heavy atom. The van der Waals surface area contributed by atoms with Crippen molar-refractivity contribution in [3.8, 4) is 0 Å². The average Bonchev–Trinajstić information content (AvgIpc) is 2.38. The summed E-state index contributed by atoms with van der Waals surface area (Å²) in [5, 5.41) is 9.51. The molecule has 1 fully saturated rings. The third-order valence-corrected chi connectivity index (χ3v) is 4.32. The highest BCUT2D eigenvalue weighted by molar-refractivity contribution is 5.55. The van der Waals surface area contributed by atoms with Gasteiger partial charge in [-0.25, -0.2) is 0 Å². The van der Waals surface area contributed by atoms with E-state index in [9.17, 15) is 5.11 Å². The summed E-state index contributed by atoms with van der Waals surface area (Å²) in [5.74, 6) is 0.880. The van der Waals surface area contributed by atoms with Gasteiger partial charge in [-0.05, 0) is 44.6 Å². The molecule has 2 nitrogen and oxygen atoms in total. The van der Waals surface area contributed by atoms with Gasteiger partial charge >= 0.3 is 0 Å². The second-order valence-corrected chi connectivity index (χ2v) is 5.81. The molecular formula is C16H25NO. The van der Waals surface area contributed by atoms with Crippen LogP contribution in [0, 0.1) is 12.8 Å². The number of aliphatic hydroxyl groups is 1. The Kier molecular flexibility index (Phi) is 4.28. The van der Waals surface area contributed by atoms with E-state index in [1.165, 1.54) is 36.9 Å². The Balaban J connectivity index is 2.15. The van der Waals surface area contributed by atoms with Crippen molar-refractivity contribution in [1.82, 2.24) is 0 Å². The number of nitrogens with zero attached hydrogens (tertiary/aromatic N) is 1. The van der Waals surface area contributed by atoms with E-state index in [2.05, 4.69) is 44.0 Å². The third kappa shape index (κ3) is 2.86. The number of aryl methyl sites for hydroxylation is 1. The van der Waals surface area contributed by atoms with Crippen molar-refractivity contribution in [2.24, 2.45) is 5.92 Å². The predicted molar refractivity (Wildman–Crippen MR) is 76.9 cm³/mol. The predicted octanol–water partition coefficient (Wildman–Crippen LogP) is 3.50. The second kappa shape index (κ2) is 5.75. The fourth-order valence-electron chi connectivity index (χ4n) is 3.01. The minimum atomic E-state index is 0.129. The highest BCUT2D eigenvalue weighted by Crippen LogP contribution is 2.31. The molecule has 1 saturated carbocycles. The smallest absolute Gasteiger partial charge is 0.0702 e. The molecule has 0 amide bonds.